The molecule has 1 aliphatic heterocycles. The summed E-state index contributed by atoms with van der Waals surface area (Å²) in [5, 5.41) is 11.2. The fourth-order valence-corrected chi connectivity index (χ4v) is 4.24. The predicted molar refractivity (Wildman–Crippen MR) is 118 cm³/mol. The number of rotatable bonds is 9. The molecule has 0 saturated carbocycles. The molecule has 164 valence electrons. The third kappa shape index (κ3) is 6.23. The van der Waals surface area contributed by atoms with Crippen molar-refractivity contribution in [3.63, 3.8) is 0 Å². The van der Waals surface area contributed by atoms with Crippen LogP contribution in [0.3, 0.4) is 0 Å². The molecule has 1 aromatic rings. The van der Waals surface area contributed by atoms with E-state index in [4.69, 9.17) is 18.6 Å². The molecule has 1 fully saturated rings. The highest BCUT2D eigenvalue weighted by atomic mass is 28.4. The molecule has 1 N–H and O–H groups in total. The molecule has 29 heavy (non-hydrogen) atoms. The molecular weight excluding hydrogens is 384 g/mol. The van der Waals surface area contributed by atoms with E-state index in [1.165, 1.54) is 0 Å². The van der Waals surface area contributed by atoms with Crippen molar-refractivity contribution in [2.75, 3.05) is 13.7 Å². The van der Waals surface area contributed by atoms with E-state index >= 15 is 0 Å². The predicted octanol–water partition coefficient (Wildman–Crippen LogP) is 4.66. The summed E-state index contributed by atoms with van der Waals surface area (Å²) in [6.07, 6.45) is 1.35. The highest BCUT2D eigenvalue weighted by Crippen LogP contribution is 2.39. The molecule has 1 heterocycles. The van der Waals surface area contributed by atoms with Crippen LogP contribution in [0.5, 0.6) is 0 Å². The van der Waals surface area contributed by atoms with E-state index < -0.39 is 20.2 Å². The summed E-state index contributed by atoms with van der Waals surface area (Å²) < 4.78 is 24.4. The topological polar surface area (TPSA) is 57.2 Å². The van der Waals surface area contributed by atoms with Gasteiger partial charge in [-0.3, -0.25) is 0 Å². The fourth-order valence-electron chi connectivity index (χ4n) is 3.23. The van der Waals surface area contributed by atoms with Crippen molar-refractivity contribution in [1.29, 1.82) is 0 Å². The molecule has 6 heteroatoms. The van der Waals surface area contributed by atoms with Gasteiger partial charge in [0.2, 0.25) is 0 Å². The van der Waals surface area contributed by atoms with Gasteiger partial charge >= 0.3 is 0 Å². The highest BCUT2D eigenvalue weighted by molar-refractivity contribution is 6.74. The maximum absolute atomic E-state index is 11.1. The minimum absolute atomic E-state index is 0.0918. The van der Waals surface area contributed by atoms with Crippen LogP contribution in [-0.2, 0) is 25.2 Å². The molecule has 0 radical (unpaired) electrons. The van der Waals surface area contributed by atoms with Crippen LogP contribution in [0.25, 0.3) is 0 Å². The first-order valence-electron chi connectivity index (χ1n) is 10.4. The Bertz CT molecular complexity index is 642. The molecule has 4 atom stereocenters. The third-order valence-electron chi connectivity index (χ3n) is 6.16. The maximum Gasteiger partial charge on any atom is 0.196 e. The van der Waals surface area contributed by atoms with Crippen LogP contribution in [0.15, 0.2) is 43.0 Å². The zero-order valence-corrected chi connectivity index (χ0v) is 19.8. The zero-order valence-electron chi connectivity index (χ0n) is 18.8. The van der Waals surface area contributed by atoms with Crippen molar-refractivity contribution in [1.82, 2.24) is 0 Å². The van der Waals surface area contributed by atoms with Crippen LogP contribution >= 0.6 is 0 Å². The summed E-state index contributed by atoms with van der Waals surface area (Å²) in [6, 6.07) is 10.0. The second-order valence-corrected chi connectivity index (χ2v) is 14.2. The monoisotopic (exact) mass is 422 g/mol. The Morgan fingerprint density at radius 1 is 1.28 bits per heavy atom. The Morgan fingerprint density at radius 3 is 2.48 bits per heavy atom. The first-order chi connectivity index (χ1) is 13.5. The van der Waals surface area contributed by atoms with Crippen LogP contribution < -0.4 is 0 Å². The van der Waals surface area contributed by atoms with Gasteiger partial charge in [0.15, 0.2) is 14.1 Å². The molecule has 1 aliphatic rings. The van der Waals surface area contributed by atoms with Crippen LogP contribution in [0, 0.1) is 0 Å². The number of aliphatic hydroxyl groups is 1. The van der Waals surface area contributed by atoms with Gasteiger partial charge in [0.05, 0.1) is 19.3 Å². The molecule has 0 amide bonds. The van der Waals surface area contributed by atoms with Gasteiger partial charge in [-0.2, -0.15) is 0 Å². The largest absolute Gasteiger partial charge is 0.414 e. The molecule has 5 nitrogen and oxygen atoms in total. The molecule has 0 bridgehead atoms. The minimum Gasteiger partial charge on any atom is -0.414 e. The number of benzene rings is 1. The summed E-state index contributed by atoms with van der Waals surface area (Å²) in [4.78, 5) is 0. The van der Waals surface area contributed by atoms with Crippen molar-refractivity contribution in [2.24, 2.45) is 0 Å². The van der Waals surface area contributed by atoms with Crippen molar-refractivity contribution >= 4 is 8.32 Å². The normalized spacial score (nSPS) is 28.3. The number of hydrogen-bond acceptors (Lipinski definition) is 5. The number of hydrogen-bond donors (Lipinski definition) is 1. The Hall–Kier alpha value is -1.02. The van der Waals surface area contributed by atoms with Gasteiger partial charge in [-0.25, -0.2) is 0 Å². The second kappa shape index (κ2) is 9.86. The lowest BCUT2D eigenvalue weighted by Gasteiger charge is -2.47. The standard InChI is InChI=1S/C23H38O5Si/c1-8-14-23(24)21(25-5)15-19(26-16-18-12-10-9-11-13-18)20(28-23)17-27-29(6,7)22(2,3)4/h8-13,19-21,24H,1,14-17H2,2-7H3/t19-,20+,21+,23-/m0/s1. The Kier molecular flexibility index (Phi) is 8.24. The van der Waals surface area contributed by atoms with Gasteiger partial charge in [0.25, 0.3) is 0 Å². The summed E-state index contributed by atoms with van der Waals surface area (Å²) in [7, 11) is -0.378. The summed E-state index contributed by atoms with van der Waals surface area (Å²) >= 11 is 0. The Morgan fingerprint density at radius 2 is 1.93 bits per heavy atom. The van der Waals surface area contributed by atoms with Crippen molar-refractivity contribution in [3.05, 3.63) is 48.6 Å². The van der Waals surface area contributed by atoms with E-state index in [9.17, 15) is 5.11 Å². The van der Waals surface area contributed by atoms with E-state index in [1.54, 1.807) is 13.2 Å². The highest BCUT2D eigenvalue weighted by Gasteiger charge is 2.49. The van der Waals surface area contributed by atoms with Crippen molar-refractivity contribution in [3.8, 4) is 0 Å². The van der Waals surface area contributed by atoms with E-state index in [-0.39, 0.29) is 23.7 Å². The van der Waals surface area contributed by atoms with E-state index in [0.29, 0.717) is 19.6 Å². The molecule has 1 saturated heterocycles. The smallest absolute Gasteiger partial charge is 0.196 e. The maximum atomic E-state index is 11.1. The fraction of sp³-hybridized carbons (Fsp3) is 0.652. The lowest BCUT2D eigenvalue weighted by Crippen LogP contribution is -2.59. The van der Waals surface area contributed by atoms with Gasteiger partial charge < -0.3 is 23.7 Å². The molecule has 2 rings (SSSR count). The lowest BCUT2D eigenvalue weighted by molar-refractivity contribution is -0.330. The van der Waals surface area contributed by atoms with E-state index in [0.717, 1.165) is 5.56 Å². The average molecular weight is 423 g/mol. The van der Waals surface area contributed by atoms with E-state index in [2.05, 4.69) is 40.4 Å². The molecule has 0 aliphatic carbocycles. The van der Waals surface area contributed by atoms with E-state index in [1.807, 2.05) is 30.3 Å². The van der Waals surface area contributed by atoms with Crippen LogP contribution in [0.4, 0.5) is 0 Å². The lowest BCUT2D eigenvalue weighted by atomic mass is 9.93. The third-order valence-corrected chi connectivity index (χ3v) is 10.7. The molecule has 1 aromatic carbocycles. The van der Waals surface area contributed by atoms with Crippen molar-refractivity contribution in [2.45, 2.75) is 82.5 Å². The van der Waals surface area contributed by atoms with Gasteiger partial charge in [-0.15, -0.1) is 6.58 Å². The van der Waals surface area contributed by atoms with Gasteiger partial charge in [-0.1, -0.05) is 57.2 Å². The van der Waals surface area contributed by atoms with Gasteiger partial charge in [0.1, 0.15) is 12.2 Å². The number of ether oxygens (including phenoxy) is 3. The first-order valence-corrected chi connectivity index (χ1v) is 13.3. The van der Waals surface area contributed by atoms with Gasteiger partial charge in [-0.05, 0) is 23.7 Å². The van der Waals surface area contributed by atoms with Crippen molar-refractivity contribution < 1.29 is 23.7 Å². The average Bonchev–Trinajstić information content (AvgIpc) is 2.65. The number of methoxy groups -OCH3 is 1. The SMILES string of the molecule is C=CC[C@]1(O)O[C@H](CO[Si](C)(C)C(C)(C)C)[C@@H](OCc2ccccc2)C[C@H]1OC. The Balaban J connectivity index is 2.16. The minimum atomic E-state index is -1.96. The van der Waals surface area contributed by atoms with Crippen LogP contribution in [0.1, 0.15) is 39.2 Å². The Labute approximate surface area is 177 Å². The van der Waals surface area contributed by atoms with Gasteiger partial charge in [0, 0.05) is 20.0 Å². The van der Waals surface area contributed by atoms with Crippen LogP contribution in [0.2, 0.25) is 18.1 Å². The summed E-state index contributed by atoms with van der Waals surface area (Å²) in [5.41, 5.74) is 1.09. The zero-order chi connectivity index (χ0) is 21.7. The molecule has 0 aromatic heterocycles. The summed E-state index contributed by atoms with van der Waals surface area (Å²) in [5.74, 6) is -1.43. The van der Waals surface area contributed by atoms with Crippen LogP contribution in [-0.4, -0.2) is 51.2 Å². The molecule has 0 unspecified atom stereocenters. The first kappa shape index (κ1) is 24.2. The summed E-state index contributed by atoms with van der Waals surface area (Å²) in [6.45, 7) is 15.7. The molecular formula is C23H38O5Si. The second-order valence-electron chi connectivity index (χ2n) is 9.36. The molecule has 0 spiro atoms. The quantitative estimate of drug-likeness (QED) is 0.463.